The second kappa shape index (κ2) is 6.93. The van der Waals surface area contributed by atoms with Gasteiger partial charge in [-0.1, -0.05) is 11.6 Å². The molecule has 8 heteroatoms. The second-order valence-corrected chi connectivity index (χ2v) is 4.11. The molecule has 108 valence electrons. The van der Waals surface area contributed by atoms with Gasteiger partial charge < -0.3 is 14.6 Å². The van der Waals surface area contributed by atoms with Gasteiger partial charge in [-0.15, -0.1) is 0 Å². The summed E-state index contributed by atoms with van der Waals surface area (Å²) in [5.74, 6) is -0.879. The molecule has 0 heterocycles. The molecule has 0 amide bonds. The van der Waals surface area contributed by atoms with Crippen LogP contribution >= 0.6 is 11.6 Å². The maximum atomic E-state index is 13.2. The quantitative estimate of drug-likeness (QED) is 0.821. The highest BCUT2D eigenvalue weighted by Gasteiger charge is 2.27. The Kier molecular flexibility index (Phi) is 5.84. The lowest BCUT2D eigenvalue weighted by Gasteiger charge is -2.14. The van der Waals surface area contributed by atoms with Crippen molar-refractivity contribution in [1.82, 2.24) is 0 Å². The van der Waals surface area contributed by atoms with Crippen LogP contribution in [0, 0.1) is 5.82 Å². The topological polar surface area (TPSA) is 38.7 Å². The van der Waals surface area contributed by atoms with Gasteiger partial charge in [0.1, 0.15) is 19.3 Å². The first kappa shape index (κ1) is 16.0. The zero-order valence-electron chi connectivity index (χ0n) is 9.58. The number of hydrogen-bond donors (Lipinski definition) is 1. The molecule has 0 aromatic heterocycles. The highest BCUT2D eigenvalue weighted by Crippen LogP contribution is 2.21. The van der Waals surface area contributed by atoms with E-state index in [4.69, 9.17) is 16.3 Å². The molecule has 0 saturated heterocycles. The van der Waals surface area contributed by atoms with E-state index < -0.39 is 37.9 Å². The number of hydrogen-bond acceptors (Lipinski definition) is 3. The van der Waals surface area contributed by atoms with Crippen molar-refractivity contribution in [3.05, 3.63) is 29.0 Å². The smallest absolute Gasteiger partial charge is 0.411 e. The molecule has 0 aliphatic carbocycles. The number of ether oxygens (including phenoxy) is 2. The van der Waals surface area contributed by atoms with E-state index in [1.54, 1.807) is 0 Å². The maximum absolute atomic E-state index is 13.2. The molecule has 19 heavy (non-hydrogen) atoms. The van der Waals surface area contributed by atoms with Crippen LogP contribution in [0.2, 0.25) is 5.02 Å². The maximum Gasteiger partial charge on any atom is 0.411 e. The number of halogens is 5. The SMILES string of the molecule is OC(COCC(F)(F)F)COc1ccc(Cl)cc1F. The van der Waals surface area contributed by atoms with E-state index in [0.29, 0.717) is 0 Å². The van der Waals surface area contributed by atoms with Gasteiger partial charge in [0.2, 0.25) is 0 Å². The van der Waals surface area contributed by atoms with Crippen LogP contribution in [0.1, 0.15) is 0 Å². The normalized spacial score (nSPS) is 13.4. The molecule has 1 N–H and O–H groups in total. The monoisotopic (exact) mass is 302 g/mol. The van der Waals surface area contributed by atoms with Crippen molar-refractivity contribution in [2.45, 2.75) is 12.3 Å². The molecule has 3 nitrogen and oxygen atoms in total. The van der Waals surface area contributed by atoms with Crippen LogP contribution in [-0.4, -0.2) is 37.2 Å². The van der Waals surface area contributed by atoms with Crippen molar-refractivity contribution in [1.29, 1.82) is 0 Å². The first-order valence-corrected chi connectivity index (χ1v) is 5.56. The lowest BCUT2D eigenvalue weighted by atomic mass is 10.3. The molecule has 0 bridgehead atoms. The third kappa shape index (κ3) is 6.60. The van der Waals surface area contributed by atoms with Crippen molar-refractivity contribution in [3.63, 3.8) is 0 Å². The fourth-order valence-electron chi connectivity index (χ4n) is 1.14. The van der Waals surface area contributed by atoms with E-state index >= 15 is 0 Å². The summed E-state index contributed by atoms with van der Waals surface area (Å²) in [7, 11) is 0. The zero-order chi connectivity index (χ0) is 14.5. The minimum atomic E-state index is -4.46. The molecule has 0 aliphatic rings. The third-order valence-corrected chi connectivity index (χ3v) is 2.14. The van der Waals surface area contributed by atoms with E-state index in [0.717, 1.165) is 6.07 Å². The Bertz CT molecular complexity index is 411. The predicted molar refractivity (Wildman–Crippen MR) is 59.8 cm³/mol. The summed E-state index contributed by atoms with van der Waals surface area (Å²) >= 11 is 5.52. The molecule has 1 rings (SSSR count). The molecule has 1 aromatic carbocycles. The van der Waals surface area contributed by atoms with Gasteiger partial charge in [0.25, 0.3) is 0 Å². The molecular weight excluding hydrogens is 292 g/mol. The fourth-order valence-corrected chi connectivity index (χ4v) is 1.30. The molecule has 0 aliphatic heterocycles. The Labute approximate surface area is 111 Å². The predicted octanol–water partition coefficient (Wildman–Crippen LogP) is 2.80. The first-order chi connectivity index (χ1) is 8.78. The van der Waals surface area contributed by atoms with Crippen molar-refractivity contribution in [3.8, 4) is 5.75 Å². The van der Waals surface area contributed by atoms with E-state index in [2.05, 4.69) is 4.74 Å². The van der Waals surface area contributed by atoms with Gasteiger partial charge in [-0.2, -0.15) is 13.2 Å². The number of alkyl halides is 3. The lowest BCUT2D eigenvalue weighted by Crippen LogP contribution is -2.27. The highest BCUT2D eigenvalue weighted by atomic mass is 35.5. The van der Waals surface area contributed by atoms with Crippen LogP contribution in [-0.2, 0) is 4.74 Å². The van der Waals surface area contributed by atoms with Crippen LogP contribution in [0.25, 0.3) is 0 Å². The first-order valence-electron chi connectivity index (χ1n) is 5.18. The Morgan fingerprint density at radius 1 is 1.26 bits per heavy atom. The van der Waals surface area contributed by atoms with Crippen LogP contribution in [0.4, 0.5) is 17.6 Å². The molecule has 0 fully saturated rings. The number of rotatable bonds is 6. The number of benzene rings is 1. The number of aliphatic hydroxyl groups excluding tert-OH is 1. The largest absolute Gasteiger partial charge is 0.488 e. The summed E-state index contributed by atoms with van der Waals surface area (Å²) in [6.45, 7) is -2.41. The van der Waals surface area contributed by atoms with Gasteiger partial charge in [0.05, 0.1) is 6.61 Å². The third-order valence-electron chi connectivity index (χ3n) is 1.90. The van der Waals surface area contributed by atoms with Gasteiger partial charge in [0, 0.05) is 5.02 Å². The summed E-state index contributed by atoms with van der Waals surface area (Å²) in [6, 6.07) is 3.65. The van der Waals surface area contributed by atoms with Gasteiger partial charge >= 0.3 is 6.18 Å². The Balaban J connectivity index is 2.32. The summed E-state index contributed by atoms with van der Waals surface area (Å²) < 4.78 is 57.6. The average molecular weight is 303 g/mol. The molecule has 1 unspecified atom stereocenters. The van der Waals surface area contributed by atoms with Crippen LogP contribution < -0.4 is 4.74 Å². The van der Waals surface area contributed by atoms with E-state index in [9.17, 15) is 22.7 Å². The van der Waals surface area contributed by atoms with Crippen LogP contribution in [0.15, 0.2) is 18.2 Å². The molecule has 0 radical (unpaired) electrons. The van der Waals surface area contributed by atoms with Gasteiger partial charge in [0.15, 0.2) is 11.6 Å². The number of aliphatic hydroxyl groups is 1. The molecule has 1 aromatic rings. The van der Waals surface area contributed by atoms with Gasteiger partial charge in [-0.05, 0) is 18.2 Å². The van der Waals surface area contributed by atoms with Crippen molar-refractivity contribution >= 4 is 11.6 Å². The molecule has 0 saturated carbocycles. The zero-order valence-corrected chi connectivity index (χ0v) is 10.3. The summed E-state index contributed by atoms with van der Waals surface area (Å²) in [6.07, 6.45) is -5.75. The van der Waals surface area contributed by atoms with Crippen LogP contribution in [0.5, 0.6) is 5.75 Å². The average Bonchev–Trinajstić information content (AvgIpc) is 2.26. The summed E-state index contributed by atoms with van der Waals surface area (Å²) in [5.41, 5.74) is 0. The minimum Gasteiger partial charge on any atom is -0.488 e. The Morgan fingerprint density at radius 2 is 1.95 bits per heavy atom. The van der Waals surface area contributed by atoms with Crippen molar-refractivity contribution < 1.29 is 32.1 Å². The fraction of sp³-hybridized carbons (Fsp3) is 0.455. The lowest BCUT2D eigenvalue weighted by molar-refractivity contribution is -0.179. The summed E-state index contributed by atoms with van der Waals surface area (Å²) in [4.78, 5) is 0. The second-order valence-electron chi connectivity index (χ2n) is 3.67. The molecular formula is C11H11ClF4O3. The van der Waals surface area contributed by atoms with Gasteiger partial charge in [-0.25, -0.2) is 4.39 Å². The van der Waals surface area contributed by atoms with E-state index in [1.165, 1.54) is 12.1 Å². The van der Waals surface area contributed by atoms with Crippen molar-refractivity contribution in [2.75, 3.05) is 19.8 Å². The van der Waals surface area contributed by atoms with Gasteiger partial charge in [-0.3, -0.25) is 0 Å². The van der Waals surface area contributed by atoms with Crippen molar-refractivity contribution in [2.24, 2.45) is 0 Å². The standard InChI is InChI=1S/C11H11ClF4O3/c12-7-1-2-10(9(13)3-7)19-5-8(17)4-18-6-11(14,15)16/h1-3,8,17H,4-6H2. The highest BCUT2D eigenvalue weighted by molar-refractivity contribution is 6.30. The van der Waals surface area contributed by atoms with E-state index in [-0.39, 0.29) is 10.8 Å². The molecule has 0 spiro atoms. The Morgan fingerprint density at radius 3 is 2.53 bits per heavy atom. The van der Waals surface area contributed by atoms with Crippen LogP contribution in [0.3, 0.4) is 0 Å². The van der Waals surface area contributed by atoms with E-state index in [1.807, 2.05) is 0 Å². The minimum absolute atomic E-state index is 0.153. The molecule has 1 atom stereocenters. The summed E-state index contributed by atoms with van der Waals surface area (Å²) in [5, 5.41) is 9.47. The Hall–Kier alpha value is -1.05.